The maximum atomic E-state index is 13.6. The molecule has 0 saturated carbocycles. The van der Waals surface area contributed by atoms with E-state index in [1.54, 1.807) is 25.1 Å². The molecule has 1 rings (SSSR count). The molecule has 0 atom stereocenters. The molecule has 0 aliphatic heterocycles. The molecule has 0 aromatic heterocycles. The van der Waals surface area contributed by atoms with Gasteiger partial charge in [0.1, 0.15) is 10.8 Å². The number of hydrogen-bond donors (Lipinski definition) is 2. The number of nitrogens with one attached hydrogen (secondary N) is 1. The highest BCUT2D eigenvalue weighted by molar-refractivity contribution is 7.80. The second kappa shape index (κ2) is 5.58. The minimum absolute atomic E-state index is 0.0167. The summed E-state index contributed by atoms with van der Waals surface area (Å²) in [6, 6.07) is 4.48. The molecular formula is C11H14FN3OS. The monoisotopic (exact) mass is 255 g/mol. The highest BCUT2D eigenvalue weighted by Gasteiger charge is 2.10. The number of amides is 1. The van der Waals surface area contributed by atoms with Gasteiger partial charge in [0.15, 0.2) is 0 Å². The van der Waals surface area contributed by atoms with Crippen molar-refractivity contribution >= 4 is 28.8 Å². The summed E-state index contributed by atoms with van der Waals surface area (Å²) in [5, 5.41) is 2.49. The summed E-state index contributed by atoms with van der Waals surface area (Å²) >= 11 is 4.71. The fourth-order valence-corrected chi connectivity index (χ4v) is 1.49. The van der Waals surface area contributed by atoms with Crippen molar-refractivity contribution in [2.24, 2.45) is 5.73 Å². The number of halogens is 1. The second-order valence-electron chi connectivity index (χ2n) is 3.56. The van der Waals surface area contributed by atoms with Crippen LogP contribution in [0.1, 0.15) is 5.56 Å². The van der Waals surface area contributed by atoms with E-state index in [9.17, 15) is 9.18 Å². The summed E-state index contributed by atoms with van der Waals surface area (Å²) in [7, 11) is 3.25. The van der Waals surface area contributed by atoms with Gasteiger partial charge < -0.3 is 16.0 Å². The number of likely N-dealkylation sites (N-methyl/N-ethyl adjacent to an activating group) is 2. The Morgan fingerprint density at radius 1 is 1.59 bits per heavy atom. The van der Waals surface area contributed by atoms with E-state index < -0.39 is 5.82 Å². The number of rotatable bonds is 4. The smallest absolute Gasteiger partial charge is 0.239 e. The number of nitrogens with two attached hydrogens (primary N) is 1. The first-order valence-corrected chi connectivity index (χ1v) is 5.37. The quantitative estimate of drug-likeness (QED) is 0.775. The molecule has 92 valence electrons. The van der Waals surface area contributed by atoms with Crippen molar-refractivity contribution in [3.05, 3.63) is 29.6 Å². The van der Waals surface area contributed by atoms with Gasteiger partial charge in [-0.25, -0.2) is 4.39 Å². The zero-order valence-corrected chi connectivity index (χ0v) is 10.5. The molecule has 0 bridgehead atoms. The maximum absolute atomic E-state index is 13.6. The van der Waals surface area contributed by atoms with Crippen LogP contribution in [0.5, 0.6) is 0 Å². The third-order valence-corrected chi connectivity index (χ3v) is 2.54. The fourth-order valence-electron chi connectivity index (χ4n) is 1.33. The summed E-state index contributed by atoms with van der Waals surface area (Å²) in [5.74, 6) is -0.634. The van der Waals surface area contributed by atoms with E-state index >= 15 is 0 Å². The van der Waals surface area contributed by atoms with Gasteiger partial charge in [0.2, 0.25) is 5.91 Å². The summed E-state index contributed by atoms with van der Waals surface area (Å²) < 4.78 is 13.6. The molecule has 17 heavy (non-hydrogen) atoms. The van der Waals surface area contributed by atoms with Crippen molar-refractivity contribution in [3.8, 4) is 0 Å². The van der Waals surface area contributed by atoms with E-state index in [0.29, 0.717) is 5.69 Å². The first-order valence-electron chi connectivity index (χ1n) is 4.96. The second-order valence-corrected chi connectivity index (χ2v) is 4.00. The fraction of sp³-hybridized carbons (Fsp3) is 0.273. The Kier molecular flexibility index (Phi) is 4.39. The van der Waals surface area contributed by atoms with Gasteiger partial charge in [-0.3, -0.25) is 4.79 Å². The van der Waals surface area contributed by atoms with Crippen LogP contribution in [0, 0.1) is 5.82 Å². The van der Waals surface area contributed by atoms with Crippen LogP contribution in [-0.4, -0.2) is 31.5 Å². The normalized spacial score (nSPS) is 9.82. The lowest BCUT2D eigenvalue weighted by Crippen LogP contribution is -2.33. The van der Waals surface area contributed by atoms with E-state index in [1.807, 2.05) is 0 Å². The number of nitrogens with zero attached hydrogens (tertiary/aromatic N) is 1. The molecule has 4 nitrogen and oxygen atoms in total. The van der Waals surface area contributed by atoms with Gasteiger partial charge in [-0.05, 0) is 18.2 Å². The lowest BCUT2D eigenvalue weighted by atomic mass is 10.2. The van der Waals surface area contributed by atoms with Crippen molar-refractivity contribution in [2.75, 3.05) is 25.5 Å². The first kappa shape index (κ1) is 13.4. The minimum atomic E-state index is -0.487. The molecule has 1 aromatic carbocycles. The highest BCUT2D eigenvalue weighted by Crippen LogP contribution is 2.17. The zero-order valence-electron chi connectivity index (χ0n) is 9.66. The number of anilines is 1. The molecule has 0 heterocycles. The summed E-state index contributed by atoms with van der Waals surface area (Å²) in [4.78, 5) is 12.8. The van der Waals surface area contributed by atoms with E-state index in [1.165, 1.54) is 12.1 Å². The maximum Gasteiger partial charge on any atom is 0.239 e. The lowest BCUT2D eigenvalue weighted by Gasteiger charge is -2.18. The largest absolute Gasteiger partial charge is 0.389 e. The molecule has 0 radical (unpaired) electrons. The van der Waals surface area contributed by atoms with Crippen molar-refractivity contribution in [2.45, 2.75) is 0 Å². The Labute approximate surface area is 105 Å². The predicted octanol–water partition coefficient (Wildman–Crippen LogP) is 0.642. The van der Waals surface area contributed by atoms with Crippen LogP contribution in [0.15, 0.2) is 18.2 Å². The number of thiocarbonyl (C=S) groups is 1. The molecule has 0 saturated heterocycles. The van der Waals surface area contributed by atoms with Crippen LogP contribution in [0.25, 0.3) is 0 Å². The Hall–Kier alpha value is -1.69. The van der Waals surface area contributed by atoms with Gasteiger partial charge >= 0.3 is 0 Å². The Bertz CT molecular complexity index is 450. The Morgan fingerprint density at radius 3 is 2.71 bits per heavy atom. The van der Waals surface area contributed by atoms with Crippen molar-refractivity contribution < 1.29 is 9.18 Å². The van der Waals surface area contributed by atoms with Crippen LogP contribution in [0.2, 0.25) is 0 Å². The van der Waals surface area contributed by atoms with E-state index in [2.05, 4.69) is 5.32 Å². The number of carbonyl (C=O) groups is 1. The summed E-state index contributed by atoms with van der Waals surface area (Å²) in [6.45, 7) is 0.155. The first-order chi connectivity index (χ1) is 7.95. The average Bonchev–Trinajstić information content (AvgIpc) is 2.28. The van der Waals surface area contributed by atoms with E-state index in [4.69, 9.17) is 18.0 Å². The Balaban J connectivity index is 2.89. The molecule has 0 unspecified atom stereocenters. The predicted molar refractivity (Wildman–Crippen MR) is 69.6 cm³/mol. The summed E-state index contributed by atoms with van der Waals surface area (Å²) in [5.41, 5.74) is 6.15. The van der Waals surface area contributed by atoms with Crippen LogP contribution in [0.3, 0.4) is 0 Å². The van der Waals surface area contributed by atoms with Crippen LogP contribution in [0.4, 0.5) is 10.1 Å². The van der Waals surface area contributed by atoms with E-state index in [0.717, 1.165) is 0 Å². The number of benzene rings is 1. The Morgan fingerprint density at radius 2 is 2.24 bits per heavy atom. The van der Waals surface area contributed by atoms with Gasteiger partial charge in [-0.1, -0.05) is 12.2 Å². The van der Waals surface area contributed by atoms with Gasteiger partial charge in [0.25, 0.3) is 0 Å². The van der Waals surface area contributed by atoms with Crippen molar-refractivity contribution in [1.29, 1.82) is 0 Å². The lowest BCUT2D eigenvalue weighted by molar-refractivity contribution is -0.119. The summed E-state index contributed by atoms with van der Waals surface area (Å²) in [6.07, 6.45) is 0. The SMILES string of the molecule is CNC(=O)CN(C)c1ccc(C(N)=S)c(F)c1. The van der Waals surface area contributed by atoms with Gasteiger partial charge in [0, 0.05) is 25.3 Å². The molecule has 0 aliphatic rings. The minimum Gasteiger partial charge on any atom is -0.389 e. The molecule has 3 N–H and O–H groups in total. The van der Waals surface area contributed by atoms with Gasteiger partial charge in [-0.15, -0.1) is 0 Å². The molecule has 6 heteroatoms. The van der Waals surface area contributed by atoms with Crippen LogP contribution >= 0.6 is 12.2 Å². The van der Waals surface area contributed by atoms with Gasteiger partial charge in [0.05, 0.1) is 6.54 Å². The van der Waals surface area contributed by atoms with Crippen LogP contribution in [-0.2, 0) is 4.79 Å². The number of carbonyl (C=O) groups excluding carboxylic acids is 1. The average molecular weight is 255 g/mol. The molecule has 0 aliphatic carbocycles. The standard InChI is InChI=1S/C11H14FN3OS/c1-14-10(16)6-15(2)7-3-4-8(11(13)17)9(12)5-7/h3-5H,6H2,1-2H3,(H2,13,17)(H,14,16). The molecule has 1 aromatic rings. The third-order valence-electron chi connectivity index (χ3n) is 2.32. The molecule has 0 fully saturated rings. The van der Waals surface area contributed by atoms with Crippen molar-refractivity contribution in [1.82, 2.24) is 5.32 Å². The molecule has 0 spiro atoms. The van der Waals surface area contributed by atoms with Crippen LogP contribution < -0.4 is 16.0 Å². The zero-order chi connectivity index (χ0) is 13.0. The highest BCUT2D eigenvalue weighted by atomic mass is 32.1. The van der Waals surface area contributed by atoms with Gasteiger partial charge in [-0.2, -0.15) is 0 Å². The molecule has 1 amide bonds. The third kappa shape index (κ3) is 3.39. The topological polar surface area (TPSA) is 58.4 Å². The number of hydrogen-bond acceptors (Lipinski definition) is 3. The van der Waals surface area contributed by atoms with E-state index in [-0.39, 0.29) is 23.0 Å². The molecular weight excluding hydrogens is 241 g/mol. The van der Waals surface area contributed by atoms with Crippen molar-refractivity contribution in [3.63, 3.8) is 0 Å².